The van der Waals surface area contributed by atoms with Crippen LogP contribution in [0.1, 0.15) is 12.6 Å². The Morgan fingerprint density at radius 2 is 1.95 bits per heavy atom. The molecule has 0 radical (unpaired) electrons. The van der Waals surface area contributed by atoms with E-state index in [1.807, 2.05) is 48.5 Å². The van der Waals surface area contributed by atoms with Crippen molar-refractivity contribution < 1.29 is 4.74 Å². The maximum absolute atomic E-state index is 5.93. The molecule has 1 N–H and O–H groups in total. The fourth-order valence-electron chi connectivity index (χ4n) is 2.14. The summed E-state index contributed by atoms with van der Waals surface area (Å²) in [5.74, 6) is 1.37. The number of nitrogens with one attached hydrogen (secondary N) is 1. The molecule has 106 valence electrons. The summed E-state index contributed by atoms with van der Waals surface area (Å²) in [7, 11) is 0. The molecule has 0 amide bonds. The van der Waals surface area contributed by atoms with Crippen LogP contribution in [0, 0.1) is 0 Å². The number of nitrogens with zero attached hydrogens (tertiary/aromatic N) is 2. The van der Waals surface area contributed by atoms with Gasteiger partial charge in [-0.25, -0.2) is 4.98 Å². The molecule has 0 saturated heterocycles. The average molecular weight is 279 g/mol. The Morgan fingerprint density at radius 1 is 1.05 bits per heavy atom. The van der Waals surface area contributed by atoms with Crippen LogP contribution in [0.25, 0.3) is 10.9 Å². The lowest BCUT2D eigenvalue weighted by molar-refractivity contribution is 0.465. The first-order valence-electron chi connectivity index (χ1n) is 7.05. The van der Waals surface area contributed by atoms with E-state index in [9.17, 15) is 0 Å². The summed E-state index contributed by atoms with van der Waals surface area (Å²) in [6, 6.07) is 15.6. The van der Waals surface area contributed by atoms with Crippen molar-refractivity contribution in [3.05, 3.63) is 60.4 Å². The minimum absolute atomic E-state index is 0.599. The van der Waals surface area contributed by atoms with E-state index in [0.717, 1.165) is 35.4 Å². The standard InChI is InChI=1S/C17H17N3O/c1-2-18-12-13-6-3-10-17(20-13)21-16-9-4-8-15-14(16)7-5-11-19-15/h3-11,18H,2,12H2,1H3. The number of aromatic nitrogens is 2. The molecule has 0 bridgehead atoms. The monoisotopic (exact) mass is 279 g/mol. The minimum Gasteiger partial charge on any atom is -0.438 e. The van der Waals surface area contributed by atoms with Crippen molar-refractivity contribution in [2.24, 2.45) is 0 Å². The largest absolute Gasteiger partial charge is 0.438 e. The second-order valence-electron chi connectivity index (χ2n) is 4.68. The van der Waals surface area contributed by atoms with Gasteiger partial charge in [0.1, 0.15) is 5.75 Å². The summed E-state index contributed by atoms with van der Waals surface area (Å²) in [5.41, 5.74) is 1.88. The van der Waals surface area contributed by atoms with E-state index >= 15 is 0 Å². The van der Waals surface area contributed by atoms with Gasteiger partial charge in [0.05, 0.1) is 11.2 Å². The molecule has 0 atom stereocenters. The van der Waals surface area contributed by atoms with Gasteiger partial charge in [0.15, 0.2) is 0 Å². The van der Waals surface area contributed by atoms with Gasteiger partial charge in [0, 0.05) is 24.2 Å². The highest BCUT2D eigenvalue weighted by molar-refractivity contribution is 5.85. The van der Waals surface area contributed by atoms with E-state index in [-0.39, 0.29) is 0 Å². The Balaban J connectivity index is 1.88. The molecule has 3 rings (SSSR count). The molecule has 21 heavy (non-hydrogen) atoms. The molecule has 0 aliphatic carbocycles. The van der Waals surface area contributed by atoms with Gasteiger partial charge in [0.25, 0.3) is 0 Å². The van der Waals surface area contributed by atoms with Crippen LogP contribution < -0.4 is 10.1 Å². The zero-order valence-corrected chi connectivity index (χ0v) is 11.9. The normalized spacial score (nSPS) is 10.7. The van der Waals surface area contributed by atoms with E-state index in [4.69, 9.17) is 4.74 Å². The van der Waals surface area contributed by atoms with Gasteiger partial charge < -0.3 is 10.1 Å². The summed E-state index contributed by atoms with van der Waals surface area (Å²) >= 11 is 0. The summed E-state index contributed by atoms with van der Waals surface area (Å²) in [4.78, 5) is 8.84. The van der Waals surface area contributed by atoms with Crippen LogP contribution in [-0.2, 0) is 6.54 Å². The highest BCUT2D eigenvalue weighted by atomic mass is 16.5. The molecule has 0 unspecified atom stereocenters. The Bertz CT molecular complexity index is 737. The van der Waals surface area contributed by atoms with Gasteiger partial charge in [-0.3, -0.25) is 4.98 Å². The van der Waals surface area contributed by atoms with Crippen molar-refractivity contribution in [2.75, 3.05) is 6.54 Å². The second kappa shape index (κ2) is 6.33. The summed E-state index contributed by atoms with van der Waals surface area (Å²) in [6.45, 7) is 3.73. The average Bonchev–Trinajstić information content (AvgIpc) is 2.54. The Morgan fingerprint density at radius 3 is 2.86 bits per heavy atom. The van der Waals surface area contributed by atoms with Crippen molar-refractivity contribution in [2.45, 2.75) is 13.5 Å². The van der Waals surface area contributed by atoms with Crippen LogP contribution in [0.5, 0.6) is 11.6 Å². The van der Waals surface area contributed by atoms with Gasteiger partial charge in [-0.05, 0) is 36.9 Å². The predicted octanol–water partition coefficient (Wildman–Crippen LogP) is 3.53. The summed E-state index contributed by atoms with van der Waals surface area (Å²) < 4.78 is 5.93. The number of hydrogen-bond donors (Lipinski definition) is 1. The zero-order chi connectivity index (χ0) is 14.5. The van der Waals surface area contributed by atoms with Crippen LogP contribution in [0.15, 0.2) is 54.7 Å². The molecule has 0 aliphatic heterocycles. The number of benzene rings is 1. The SMILES string of the molecule is CCNCc1cccc(Oc2cccc3ncccc23)n1. The second-order valence-corrected chi connectivity index (χ2v) is 4.68. The highest BCUT2D eigenvalue weighted by Gasteiger charge is 2.05. The molecular weight excluding hydrogens is 262 g/mol. The number of ether oxygens (including phenoxy) is 1. The van der Waals surface area contributed by atoms with Crippen LogP contribution in [-0.4, -0.2) is 16.5 Å². The summed E-state index contributed by atoms with van der Waals surface area (Å²) in [5, 5.41) is 4.24. The highest BCUT2D eigenvalue weighted by Crippen LogP contribution is 2.27. The topological polar surface area (TPSA) is 47.0 Å². The first kappa shape index (κ1) is 13.5. The van der Waals surface area contributed by atoms with Crippen molar-refractivity contribution in [3.8, 4) is 11.6 Å². The Hall–Kier alpha value is -2.46. The number of rotatable bonds is 5. The maximum atomic E-state index is 5.93. The molecule has 0 saturated carbocycles. The van der Waals surface area contributed by atoms with E-state index in [1.54, 1.807) is 6.20 Å². The molecule has 2 aromatic heterocycles. The molecular formula is C17H17N3O. The lowest BCUT2D eigenvalue weighted by atomic mass is 10.2. The van der Waals surface area contributed by atoms with Crippen LogP contribution >= 0.6 is 0 Å². The van der Waals surface area contributed by atoms with Crippen molar-refractivity contribution >= 4 is 10.9 Å². The first-order chi connectivity index (χ1) is 10.4. The third kappa shape index (κ3) is 3.17. The molecule has 0 fully saturated rings. The molecule has 4 heteroatoms. The van der Waals surface area contributed by atoms with Gasteiger partial charge >= 0.3 is 0 Å². The van der Waals surface area contributed by atoms with E-state index < -0.39 is 0 Å². The summed E-state index contributed by atoms with van der Waals surface area (Å²) in [6.07, 6.45) is 1.78. The zero-order valence-electron chi connectivity index (χ0n) is 11.9. The van der Waals surface area contributed by atoms with Crippen LogP contribution in [0.3, 0.4) is 0 Å². The number of hydrogen-bond acceptors (Lipinski definition) is 4. The lowest BCUT2D eigenvalue weighted by Gasteiger charge is -2.09. The van der Waals surface area contributed by atoms with Crippen molar-refractivity contribution in [3.63, 3.8) is 0 Å². The minimum atomic E-state index is 0.599. The van der Waals surface area contributed by atoms with E-state index in [2.05, 4.69) is 22.2 Å². The van der Waals surface area contributed by atoms with Gasteiger partial charge in [0.2, 0.25) is 5.88 Å². The first-order valence-corrected chi connectivity index (χ1v) is 7.05. The third-order valence-electron chi connectivity index (χ3n) is 3.16. The van der Waals surface area contributed by atoms with Crippen molar-refractivity contribution in [1.82, 2.24) is 15.3 Å². The number of fused-ring (bicyclic) bond motifs is 1. The lowest BCUT2D eigenvalue weighted by Crippen LogP contribution is -2.12. The quantitative estimate of drug-likeness (QED) is 0.776. The molecule has 2 heterocycles. The molecule has 3 aromatic rings. The van der Waals surface area contributed by atoms with Crippen LogP contribution in [0.2, 0.25) is 0 Å². The molecule has 0 spiro atoms. The van der Waals surface area contributed by atoms with E-state index in [1.165, 1.54) is 0 Å². The number of pyridine rings is 2. The molecule has 1 aromatic carbocycles. The van der Waals surface area contributed by atoms with E-state index in [0.29, 0.717) is 5.88 Å². The Kier molecular flexibility index (Phi) is 4.07. The van der Waals surface area contributed by atoms with Gasteiger partial charge in [-0.2, -0.15) is 0 Å². The predicted molar refractivity (Wildman–Crippen MR) is 83.4 cm³/mol. The molecule has 4 nitrogen and oxygen atoms in total. The third-order valence-corrected chi connectivity index (χ3v) is 3.16. The van der Waals surface area contributed by atoms with Crippen molar-refractivity contribution in [1.29, 1.82) is 0 Å². The molecule has 0 aliphatic rings. The van der Waals surface area contributed by atoms with Gasteiger partial charge in [-0.1, -0.05) is 19.1 Å². The Labute approximate surface area is 123 Å². The fourth-order valence-corrected chi connectivity index (χ4v) is 2.14. The van der Waals surface area contributed by atoms with Crippen LogP contribution in [0.4, 0.5) is 0 Å². The smallest absolute Gasteiger partial charge is 0.219 e. The maximum Gasteiger partial charge on any atom is 0.219 e. The fraction of sp³-hybridized carbons (Fsp3) is 0.176. The van der Waals surface area contributed by atoms with Gasteiger partial charge in [-0.15, -0.1) is 0 Å².